The zero-order valence-corrected chi connectivity index (χ0v) is 8.96. The monoisotopic (exact) mass is 225 g/mol. The van der Waals surface area contributed by atoms with Gasteiger partial charge in [0.25, 0.3) is 0 Å². The van der Waals surface area contributed by atoms with Crippen molar-refractivity contribution in [3.63, 3.8) is 0 Å². The molecule has 0 aliphatic carbocycles. The molecule has 1 aliphatic rings. The SMILES string of the molecule is ClC1=CC(Cl)=NC1Cc1ccccc1. The van der Waals surface area contributed by atoms with Crippen LogP contribution in [-0.2, 0) is 6.42 Å². The van der Waals surface area contributed by atoms with Crippen molar-refractivity contribution in [2.24, 2.45) is 4.99 Å². The smallest absolute Gasteiger partial charge is 0.125 e. The predicted molar refractivity (Wildman–Crippen MR) is 61.2 cm³/mol. The third-order valence-corrected chi connectivity index (χ3v) is 2.69. The summed E-state index contributed by atoms with van der Waals surface area (Å²) in [5.74, 6) is 0. The van der Waals surface area contributed by atoms with Crippen molar-refractivity contribution in [2.75, 3.05) is 0 Å². The highest BCUT2D eigenvalue weighted by Crippen LogP contribution is 2.23. The number of rotatable bonds is 2. The summed E-state index contributed by atoms with van der Waals surface area (Å²) in [5.41, 5.74) is 1.22. The summed E-state index contributed by atoms with van der Waals surface area (Å²) in [4.78, 5) is 4.22. The normalized spacial score (nSPS) is 20.6. The molecule has 0 aromatic heterocycles. The van der Waals surface area contributed by atoms with Crippen LogP contribution in [0.15, 0.2) is 46.4 Å². The van der Waals surface area contributed by atoms with Gasteiger partial charge in [-0.25, -0.2) is 0 Å². The van der Waals surface area contributed by atoms with Crippen LogP contribution in [0.3, 0.4) is 0 Å². The number of nitrogens with zero attached hydrogens (tertiary/aromatic N) is 1. The van der Waals surface area contributed by atoms with Gasteiger partial charge in [-0.05, 0) is 18.1 Å². The first-order chi connectivity index (χ1) is 6.75. The van der Waals surface area contributed by atoms with E-state index in [0.29, 0.717) is 5.17 Å². The van der Waals surface area contributed by atoms with Crippen molar-refractivity contribution in [1.29, 1.82) is 0 Å². The summed E-state index contributed by atoms with van der Waals surface area (Å²) in [7, 11) is 0. The lowest BCUT2D eigenvalue weighted by Crippen LogP contribution is -2.05. The average Bonchev–Trinajstić information content (AvgIpc) is 2.47. The summed E-state index contributed by atoms with van der Waals surface area (Å²) in [6.07, 6.45) is 2.52. The Kier molecular flexibility index (Phi) is 2.90. The molecule has 0 bridgehead atoms. The first-order valence-electron chi connectivity index (χ1n) is 4.40. The zero-order valence-electron chi connectivity index (χ0n) is 7.45. The molecule has 3 heteroatoms. The van der Waals surface area contributed by atoms with Gasteiger partial charge in [0.05, 0.1) is 6.04 Å². The van der Waals surface area contributed by atoms with Crippen LogP contribution in [-0.4, -0.2) is 11.2 Å². The lowest BCUT2D eigenvalue weighted by Gasteiger charge is -2.06. The van der Waals surface area contributed by atoms with Gasteiger partial charge in [0.1, 0.15) is 5.17 Å². The van der Waals surface area contributed by atoms with E-state index in [9.17, 15) is 0 Å². The molecule has 0 N–H and O–H groups in total. The maximum Gasteiger partial charge on any atom is 0.125 e. The molecular formula is C11H9Cl2N. The molecule has 1 nitrogen and oxygen atoms in total. The molecule has 1 unspecified atom stereocenters. The van der Waals surface area contributed by atoms with Crippen molar-refractivity contribution in [3.05, 3.63) is 47.0 Å². The minimum absolute atomic E-state index is 0.00608. The molecule has 72 valence electrons. The summed E-state index contributed by atoms with van der Waals surface area (Å²) < 4.78 is 0. The molecular weight excluding hydrogens is 217 g/mol. The molecule has 1 aliphatic heterocycles. The summed E-state index contributed by atoms with van der Waals surface area (Å²) in [6, 6.07) is 10.1. The molecule has 0 saturated carbocycles. The van der Waals surface area contributed by atoms with Crippen molar-refractivity contribution >= 4 is 28.4 Å². The van der Waals surface area contributed by atoms with Crippen LogP contribution in [0.2, 0.25) is 0 Å². The topological polar surface area (TPSA) is 12.4 Å². The number of hydrogen-bond acceptors (Lipinski definition) is 1. The molecule has 0 spiro atoms. The molecule has 0 radical (unpaired) electrons. The maximum absolute atomic E-state index is 5.99. The van der Waals surface area contributed by atoms with E-state index in [-0.39, 0.29) is 6.04 Å². The second-order valence-corrected chi connectivity index (χ2v) is 4.01. The van der Waals surface area contributed by atoms with Crippen molar-refractivity contribution in [2.45, 2.75) is 12.5 Å². The molecule has 2 rings (SSSR count). The molecule has 0 amide bonds. The van der Waals surface area contributed by atoms with Crippen LogP contribution in [0.1, 0.15) is 5.56 Å². The van der Waals surface area contributed by atoms with E-state index in [1.54, 1.807) is 6.08 Å². The Balaban J connectivity index is 2.10. The largest absolute Gasteiger partial charge is 0.264 e. The van der Waals surface area contributed by atoms with Gasteiger partial charge in [0, 0.05) is 5.03 Å². The van der Waals surface area contributed by atoms with Gasteiger partial charge in [-0.1, -0.05) is 53.5 Å². The molecule has 14 heavy (non-hydrogen) atoms. The van der Waals surface area contributed by atoms with Crippen LogP contribution in [0, 0.1) is 0 Å². The van der Waals surface area contributed by atoms with E-state index >= 15 is 0 Å². The number of allylic oxidation sites excluding steroid dienone is 1. The highest BCUT2D eigenvalue weighted by Gasteiger charge is 2.18. The fourth-order valence-corrected chi connectivity index (χ4v) is 1.96. The van der Waals surface area contributed by atoms with Gasteiger partial charge in [-0.15, -0.1) is 0 Å². The average molecular weight is 226 g/mol. The number of aliphatic imine (C=N–C) groups is 1. The van der Waals surface area contributed by atoms with E-state index in [0.717, 1.165) is 11.5 Å². The first-order valence-corrected chi connectivity index (χ1v) is 5.15. The van der Waals surface area contributed by atoms with E-state index in [2.05, 4.69) is 17.1 Å². The van der Waals surface area contributed by atoms with Crippen molar-refractivity contribution in [1.82, 2.24) is 0 Å². The maximum atomic E-state index is 5.99. The Morgan fingerprint density at radius 1 is 1.14 bits per heavy atom. The minimum Gasteiger partial charge on any atom is -0.264 e. The molecule has 1 heterocycles. The first kappa shape index (κ1) is 9.75. The number of hydrogen-bond donors (Lipinski definition) is 0. The third-order valence-electron chi connectivity index (χ3n) is 2.13. The van der Waals surface area contributed by atoms with E-state index < -0.39 is 0 Å². The second-order valence-electron chi connectivity index (χ2n) is 3.19. The quantitative estimate of drug-likeness (QED) is 0.733. The van der Waals surface area contributed by atoms with Crippen molar-refractivity contribution in [3.8, 4) is 0 Å². The molecule has 1 aromatic rings. The van der Waals surface area contributed by atoms with Gasteiger partial charge >= 0.3 is 0 Å². The second kappa shape index (κ2) is 4.16. The highest BCUT2D eigenvalue weighted by atomic mass is 35.5. The Morgan fingerprint density at radius 3 is 2.43 bits per heavy atom. The van der Waals surface area contributed by atoms with Crippen LogP contribution >= 0.6 is 23.2 Å². The lowest BCUT2D eigenvalue weighted by molar-refractivity contribution is 0.814. The van der Waals surface area contributed by atoms with E-state index in [4.69, 9.17) is 23.2 Å². The van der Waals surface area contributed by atoms with Crippen LogP contribution in [0.4, 0.5) is 0 Å². The summed E-state index contributed by atoms with van der Waals surface area (Å²) in [5, 5.41) is 1.22. The van der Waals surface area contributed by atoms with Gasteiger partial charge < -0.3 is 0 Å². The standard InChI is InChI=1S/C11H9Cl2N/c12-9-7-11(13)14-10(9)6-8-4-2-1-3-5-8/h1-5,7,10H,6H2. The highest BCUT2D eigenvalue weighted by molar-refractivity contribution is 6.69. The number of halogens is 2. The molecule has 1 aromatic carbocycles. The Morgan fingerprint density at radius 2 is 1.86 bits per heavy atom. The summed E-state index contributed by atoms with van der Waals surface area (Å²) >= 11 is 11.7. The van der Waals surface area contributed by atoms with Gasteiger partial charge in [-0.3, -0.25) is 4.99 Å². The van der Waals surface area contributed by atoms with Crippen molar-refractivity contribution < 1.29 is 0 Å². The Bertz CT molecular complexity index is 382. The summed E-state index contributed by atoms with van der Waals surface area (Å²) in [6.45, 7) is 0. The molecule has 1 atom stereocenters. The molecule has 0 fully saturated rings. The van der Waals surface area contributed by atoms with Gasteiger partial charge in [-0.2, -0.15) is 0 Å². The lowest BCUT2D eigenvalue weighted by atomic mass is 10.1. The predicted octanol–water partition coefficient (Wildman–Crippen LogP) is 3.37. The Hall–Kier alpha value is -0.790. The van der Waals surface area contributed by atoms with Gasteiger partial charge in [0.15, 0.2) is 0 Å². The van der Waals surface area contributed by atoms with E-state index in [1.807, 2.05) is 18.2 Å². The third kappa shape index (κ3) is 2.17. The van der Waals surface area contributed by atoms with E-state index in [1.165, 1.54) is 5.56 Å². The van der Waals surface area contributed by atoms with Gasteiger partial charge in [0.2, 0.25) is 0 Å². The molecule has 0 saturated heterocycles. The minimum atomic E-state index is 0.00608. The fourth-order valence-electron chi connectivity index (χ4n) is 1.44. The van der Waals surface area contributed by atoms with Crippen LogP contribution < -0.4 is 0 Å². The fraction of sp³-hybridized carbons (Fsp3) is 0.182. The number of benzene rings is 1. The Labute approximate surface area is 93.1 Å². The van der Waals surface area contributed by atoms with Crippen LogP contribution in [0.25, 0.3) is 0 Å². The van der Waals surface area contributed by atoms with Crippen LogP contribution in [0.5, 0.6) is 0 Å². The zero-order chi connectivity index (χ0) is 9.97.